The zero-order valence-electron chi connectivity index (χ0n) is 12.6. The number of para-hydroxylation sites is 1. The zero-order chi connectivity index (χ0) is 14.3. The molecule has 1 atom stereocenters. The Morgan fingerprint density at radius 1 is 1.30 bits per heavy atom. The lowest BCUT2D eigenvalue weighted by atomic mass is 9.96. The minimum absolute atomic E-state index is 0. The summed E-state index contributed by atoms with van der Waals surface area (Å²) < 4.78 is 5.35. The van der Waals surface area contributed by atoms with Gasteiger partial charge in [-0.2, -0.15) is 0 Å². The summed E-state index contributed by atoms with van der Waals surface area (Å²) in [6.45, 7) is 4.56. The highest BCUT2D eigenvalue weighted by atomic mass is 35.5. The molecule has 0 heterocycles. The third-order valence-corrected chi connectivity index (χ3v) is 3.12. The predicted octanol–water partition coefficient (Wildman–Crippen LogP) is 2.02. The highest BCUT2D eigenvalue weighted by molar-refractivity contribution is 5.85. The first-order valence-corrected chi connectivity index (χ1v) is 6.64. The van der Waals surface area contributed by atoms with Crippen molar-refractivity contribution in [3.05, 3.63) is 29.8 Å². The Hall–Kier alpha value is -1.26. The van der Waals surface area contributed by atoms with Crippen molar-refractivity contribution in [1.82, 2.24) is 10.6 Å². The summed E-state index contributed by atoms with van der Waals surface area (Å²) in [6, 6.07) is 8.04. The van der Waals surface area contributed by atoms with Crippen molar-refractivity contribution >= 4 is 18.3 Å². The van der Waals surface area contributed by atoms with Gasteiger partial charge < -0.3 is 15.4 Å². The molecule has 0 aromatic heterocycles. The standard InChI is InChI=1S/C15H24N2O2.ClH/c1-11(2)13(17-15(18)10-16-3)9-12-7-5-6-8-14(12)19-4;/h5-8,11,13,16H,9-10H2,1-4H3,(H,17,18);1H. The van der Waals surface area contributed by atoms with Crippen LogP contribution in [0.1, 0.15) is 19.4 Å². The van der Waals surface area contributed by atoms with Gasteiger partial charge in [-0.05, 0) is 31.0 Å². The molecule has 5 heteroatoms. The molecule has 2 N–H and O–H groups in total. The molecule has 1 aromatic rings. The lowest BCUT2D eigenvalue weighted by Crippen LogP contribution is -2.43. The molecular formula is C15H25ClN2O2. The van der Waals surface area contributed by atoms with Crippen molar-refractivity contribution in [3.63, 3.8) is 0 Å². The molecule has 0 saturated carbocycles. The molecule has 0 fully saturated rings. The Bertz CT molecular complexity index is 411. The number of rotatable bonds is 7. The zero-order valence-corrected chi connectivity index (χ0v) is 13.4. The monoisotopic (exact) mass is 300 g/mol. The smallest absolute Gasteiger partial charge is 0.234 e. The van der Waals surface area contributed by atoms with Crippen LogP contribution in [0.25, 0.3) is 0 Å². The van der Waals surface area contributed by atoms with E-state index in [1.807, 2.05) is 24.3 Å². The van der Waals surface area contributed by atoms with E-state index in [-0.39, 0.29) is 24.4 Å². The minimum atomic E-state index is 0. The highest BCUT2D eigenvalue weighted by Crippen LogP contribution is 2.20. The van der Waals surface area contributed by atoms with Crippen molar-refractivity contribution in [3.8, 4) is 5.75 Å². The van der Waals surface area contributed by atoms with Crippen LogP contribution in [0.3, 0.4) is 0 Å². The maximum Gasteiger partial charge on any atom is 0.234 e. The summed E-state index contributed by atoms with van der Waals surface area (Å²) >= 11 is 0. The van der Waals surface area contributed by atoms with E-state index in [9.17, 15) is 4.79 Å². The maximum atomic E-state index is 11.7. The molecule has 1 unspecified atom stereocenters. The molecular weight excluding hydrogens is 276 g/mol. The molecule has 0 spiro atoms. The van der Waals surface area contributed by atoms with Crippen molar-refractivity contribution in [1.29, 1.82) is 0 Å². The first kappa shape index (κ1) is 18.7. The number of likely N-dealkylation sites (N-methyl/N-ethyl adjacent to an activating group) is 1. The van der Waals surface area contributed by atoms with E-state index in [1.54, 1.807) is 14.2 Å². The van der Waals surface area contributed by atoms with Gasteiger partial charge in [0.25, 0.3) is 0 Å². The number of ether oxygens (including phenoxy) is 1. The minimum Gasteiger partial charge on any atom is -0.496 e. The summed E-state index contributed by atoms with van der Waals surface area (Å²) in [5.74, 6) is 1.26. The van der Waals surface area contributed by atoms with E-state index in [2.05, 4.69) is 24.5 Å². The second-order valence-electron chi connectivity index (χ2n) is 4.96. The number of halogens is 1. The van der Waals surface area contributed by atoms with Crippen LogP contribution in [0.5, 0.6) is 5.75 Å². The fourth-order valence-electron chi connectivity index (χ4n) is 1.98. The molecule has 1 aromatic carbocycles. The van der Waals surface area contributed by atoms with Gasteiger partial charge in [-0.3, -0.25) is 4.79 Å². The van der Waals surface area contributed by atoms with E-state index in [1.165, 1.54) is 0 Å². The van der Waals surface area contributed by atoms with E-state index in [0.29, 0.717) is 12.5 Å². The summed E-state index contributed by atoms with van der Waals surface area (Å²) in [4.78, 5) is 11.7. The van der Waals surface area contributed by atoms with Crippen LogP contribution < -0.4 is 15.4 Å². The number of carbonyl (C=O) groups excluding carboxylic acids is 1. The molecule has 0 aliphatic rings. The Labute approximate surface area is 127 Å². The average molecular weight is 301 g/mol. The van der Waals surface area contributed by atoms with Crippen LogP contribution in [0.2, 0.25) is 0 Å². The molecule has 1 amide bonds. The van der Waals surface area contributed by atoms with Crippen LogP contribution in [-0.4, -0.2) is 32.7 Å². The third-order valence-electron chi connectivity index (χ3n) is 3.12. The Morgan fingerprint density at radius 3 is 2.50 bits per heavy atom. The van der Waals surface area contributed by atoms with Crippen LogP contribution >= 0.6 is 12.4 Å². The molecule has 0 radical (unpaired) electrons. The number of amides is 1. The number of hydrogen-bond acceptors (Lipinski definition) is 3. The largest absolute Gasteiger partial charge is 0.496 e. The molecule has 1 rings (SSSR count). The van der Waals surface area contributed by atoms with Gasteiger partial charge >= 0.3 is 0 Å². The number of nitrogens with one attached hydrogen (secondary N) is 2. The Morgan fingerprint density at radius 2 is 1.95 bits per heavy atom. The second kappa shape index (κ2) is 9.61. The van der Waals surface area contributed by atoms with Crippen LogP contribution in [-0.2, 0) is 11.2 Å². The Kier molecular flexibility index (Phi) is 9.01. The van der Waals surface area contributed by atoms with Crippen LogP contribution in [0.4, 0.5) is 0 Å². The number of methoxy groups -OCH3 is 1. The van der Waals surface area contributed by atoms with E-state index in [0.717, 1.165) is 17.7 Å². The average Bonchev–Trinajstić information content (AvgIpc) is 2.38. The lowest BCUT2D eigenvalue weighted by molar-refractivity contribution is -0.121. The number of hydrogen-bond donors (Lipinski definition) is 2. The molecule has 0 aliphatic carbocycles. The van der Waals surface area contributed by atoms with Gasteiger partial charge in [0.05, 0.1) is 13.7 Å². The molecule has 0 saturated heterocycles. The summed E-state index contributed by atoms with van der Waals surface area (Å²) in [7, 11) is 3.44. The fourth-order valence-corrected chi connectivity index (χ4v) is 1.98. The Balaban J connectivity index is 0.00000361. The van der Waals surface area contributed by atoms with Crippen molar-refractivity contribution in [2.75, 3.05) is 20.7 Å². The molecule has 0 aliphatic heterocycles. The third kappa shape index (κ3) is 5.80. The van der Waals surface area contributed by atoms with Gasteiger partial charge in [-0.1, -0.05) is 32.0 Å². The topological polar surface area (TPSA) is 50.4 Å². The highest BCUT2D eigenvalue weighted by Gasteiger charge is 2.18. The van der Waals surface area contributed by atoms with Crippen LogP contribution in [0.15, 0.2) is 24.3 Å². The summed E-state index contributed by atoms with van der Waals surface area (Å²) in [6.07, 6.45) is 0.775. The van der Waals surface area contributed by atoms with Crippen molar-refractivity contribution in [2.45, 2.75) is 26.3 Å². The van der Waals surface area contributed by atoms with E-state index >= 15 is 0 Å². The van der Waals surface area contributed by atoms with E-state index in [4.69, 9.17) is 4.74 Å². The summed E-state index contributed by atoms with van der Waals surface area (Å²) in [5.41, 5.74) is 1.12. The first-order chi connectivity index (χ1) is 9.08. The lowest BCUT2D eigenvalue weighted by Gasteiger charge is -2.23. The normalized spacial score (nSPS) is 11.7. The van der Waals surface area contributed by atoms with Gasteiger partial charge in [0, 0.05) is 6.04 Å². The van der Waals surface area contributed by atoms with Gasteiger partial charge in [0.2, 0.25) is 5.91 Å². The van der Waals surface area contributed by atoms with Gasteiger partial charge in [-0.15, -0.1) is 12.4 Å². The van der Waals surface area contributed by atoms with E-state index < -0.39 is 0 Å². The first-order valence-electron chi connectivity index (χ1n) is 6.64. The quantitative estimate of drug-likeness (QED) is 0.810. The maximum absolute atomic E-state index is 11.7. The van der Waals surface area contributed by atoms with Gasteiger partial charge in [-0.25, -0.2) is 0 Å². The predicted molar refractivity (Wildman–Crippen MR) is 84.6 cm³/mol. The second-order valence-corrected chi connectivity index (χ2v) is 4.96. The number of benzene rings is 1. The van der Waals surface area contributed by atoms with Gasteiger partial charge in [0.15, 0.2) is 0 Å². The van der Waals surface area contributed by atoms with Crippen molar-refractivity contribution < 1.29 is 9.53 Å². The SMILES string of the molecule is CNCC(=O)NC(Cc1ccccc1OC)C(C)C.Cl. The molecule has 114 valence electrons. The fraction of sp³-hybridized carbons (Fsp3) is 0.533. The molecule has 0 bridgehead atoms. The molecule has 4 nitrogen and oxygen atoms in total. The molecule has 20 heavy (non-hydrogen) atoms. The van der Waals surface area contributed by atoms with Crippen LogP contribution in [0, 0.1) is 5.92 Å². The van der Waals surface area contributed by atoms with Crippen molar-refractivity contribution in [2.24, 2.45) is 5.92 Å². The van der Waals surface area contributed by atoms with Gasteiger partial charge in [0.1, 0.15) is 5.75 Å². The number of carbonyl (C=O) groups is 1. The summed E-state index contributed by atoms with van der Waals surface area (Å²) in [5, 5.41) is 5.92.